The molecule has 1 aliphatic heterocycles. The average Bonchev–Trinajstić information content (AvgIpc) is 3.27. The molecular formula is C15H15N5O3. The van der Waals surface area contributed by atoms with Crippen molar-refractivity contribution in [3.05, 3.63) is 53.8 Å². The Morgan fingerprint density at radius 1 is 1.35 bits per heavy atom. The molecule has 118 valence electrons. The van der Waals surface area contributed by atoms with Crippen LogP contribution in [0.2, 0.25) is 0 Å². The summed E-state index contributed by atoms with van der Waals surface area (Å²) in [4.78, 5) is 18.7. The molecule has 8 heteroatoms. The first-order valence-corrected chi connectivity index (χ1v) is 7.34. The third-order valence-electron chi connectivity index (χ3n) is 3.90. The lowest BCUT2D eigenvalue weighted by atomic mass is 10.1. The molecule has 4 rings (SSSR count). The first-order valence-electron chi connectivity index (χ1n) is 7.34. The van der Waals surface area contributed by atoms with Crippen LogP contribution in [0.15, 0.2) is 39.6 Å². The van der Waals surface area contributed by atoms with Crippen LogP contribution < -0.4 is 0 Å². The standard InChI is InChI=1S/C15H15N5O3/c1-10-17-14(23-18-10)11-7-19(15(21)13-3-2-6-22-13)9-12-4-5-16-20(12)8-11/h2-6,11H,7-9H2,1H3. The Kier molecular flexibility index (Phi) is 3.22. The first kappa shape index (κ1) is 13.7. The van der Waals surface area contributed by atoms with Crippen molar-refractivity contribution in [2.24, 2.45) is 0 Å². The third kappa shape index (κ3) is 2.52. The zero-order chi connectivity index (χ0) is 15.8. The van der Waals surface area contributed by atoms with Gasteiger partial charge in [-0.2, -0.15) is 10.1 Å². The highest BCUT2D eigenvalue weighted by molar-refractivity contribution is 5.91. The van der Waals surface area contributed by atoms with Crippen molar-refractivity contribution < 1.29 is 13.7 Å². The zero-order valence-electron chi connectivity index (χ0n) is 12.5. The lowest BCUT2D eigenvalue weighted by Crippen LogP contribution is -2.33. The van der Waals surface area contributed by atoms with Crippen LogP contribution in [-0.2, 0) is 13.1 Å². The van der Waals surface area contributed by atoms with Gasteiger partial charge in [-0.1, -0.05) is 5.16 Å². The number of fused-ring (bicyclic) bond motifs is 1. The summed E-state index contributed by atoms with van der Waals surface area (Å²) in [6, 6.07) is 5.27. The molecule has 1 aliphatic rings. The number of amides is 1. The zero-order valence-corrected chi connectivity index (χ0v) is 12.5. The summed E-state index contributed by atoms with van der Waals surface area (Å²) in [6.07, 6.45) is 3.22. The van der Waals surface area contributed by atoms with Crippen LogP contribution in [0.4, 0.5) is 0 Å². The molecule has 0 radical (unpaired) electrons. The summed E-state index contributed by atoms with van der Waals surface area (Å²) in [5.41, 5.74) is 0.962. The molecule has 0 saturated carbocycles. The molecular weight excluding hydrogens is 298 g/mol. The topological polar surface area (TPSA) is 90.2 Å². The van der Waals surface area contributed by atoms with E-state index in [1.165, 1.54) is 6.26 Å². The monoisotopic (exact) mass is 313 g/mol. The molecule has 0 aliphatic carbocycles. The number of aromatic nitrogens is 4. The van der Waals surface area contributed by atoms with Gasteiger partial charge in [-0.05, 0) is 25.1 Å². The predicted octanol–water partition coefficient (Wildman–Crippen LogP) is 1.61. The average molecular weight is 313 g/mol. The number of hydrogen-bond acceptors (Lipinski definition) is 6. The van der Waals surface area contributed by atoms with Gasteiger partial charge in [-0.3, -0.25) is 9.48 Å². The summed E-state index contributed by atoms with van der Waals surface area (Å²) in [7, 11) is 0. The summed E-state index contributed by atoms with van der Waals surface area (Å²) >= 11 is 0. The molecule has 1 unspecified atom stereocenters. The second-order valence-corrected chi connectivity index (χ2v) is 5.54. The second kappa shape index (κ2) is 5.38. The molecule has 0 bridgehead atoms. The van der Waals surface area contributed by atoms with E-state index >= 15 is 0 Å². The number of carbonyl (C=O) groups is 1. The highest BCUT2D eigenvalue weighted by Crippen LogP contribution is 2.24. The van der Waals surface area contributed by atoms with E-state index in [1.807, 2.05) is 10.7 Å². The number of rotatable bonds is 2. The summed E-state index contributed by atoms with van der Waals surface area (Å²) in [6.45, 7) is 3.29. The van der Waals surface area contributed by atoms with E-state index in [4.69, 9.17) is 8.94 Å². The van der Waals surface area contributed by atoms with Gasteiger partial charge in [0, 0.05) is 12.7 Å². The van der Waals surface area contributed by atoms with Crippen molar-refractivity contribution in [1.29, 1.82) is 0 Å². The first-order chi connectivity index (χ1) is 11.2. The molecule has 1 amide bonds. The second-order valence-electron chi connectivity index (χ2n) is 5.54. The van der Waals surface area contributed by atoms with Crippen LogP contribution >= 0.6 is 0 Å². The van der Waals surface area contributed by atoms with Gasteiger partial charge in [0.2, 0.25) is 5.89 Å². The van der Waals surface area contributed by atoms with E-state index in [0.717, 1.165) is 5.69 Å². The fourth-order valence-electron chi connectivity index (χ4n) is 2.80. The quantitative estimate of drug-likeness (QED) is 0.714. The van der Waals surface area contributed by atoms with Crippen molar-refractivity contribution in [3.63, 3.8) is 0 Å². The van der Waals surface area contributed by atoms with Crippen LogP contribution in [0.5, 0.6) is 0 Å². The SMILES string of the molecule is Cc1noc(C2CN(C(=O)c3ccco3)Cc3ccnn3C2)n1. The van der Waals surface area contributed by atoms with Crippen molar-refractivity contribution >= 4 is 5.91 Å². The van der Waals surface area contributed by atoms with Gasteiger partial charge in [-0.15, -0.1) is 0 Å². The van der Waals surface area contributed by atoms with Crippen molar-refractivity contribution in [2.45, 2.75) is 25.9 Å². The van der Waals surface area contributed by atoms with Crippen LogP contribution in [0, 0.1) is 6.92 Å². The molecule has 0 aromatic carbocycles. The minimum absolute atomic E-state index is 0.115. The highest BCUT2D eigenvalue weighted by atomic mass is 16.5. The van der Waals surface area contributed by atoms with E-state index in [0.29, 0.717) is 37.1 Å². The van der Waals surface area contributed by atoms with Crippen LogP contribution in [-0.4, -0.2) is 37.3 Å². The molecule has 8 nitrogen and oxygen atoms in total. The Bertz CT molecular complexity index is 820. The minimum Gasteiger partial charge on any atom is -0.459 e. The smallest absolute Gasteiger partial charge is 0.289 e. The molecule has 0 fully saturated rings. The van der Waals surface area contributed by atoms with E-state index in [-0.39, 0.29) is 11.8 Å². The lowest BCUT2D eigenvalue weighted by molar-refractivity contribution is 0.0699. The van der Waals surface area contributed by atoms with Gasteiger partial charge in [0.05, 0.1) is 31.0 Å². The molecule has 0 spiro atoms. The Morgan fingerprint density at radius 2 is 2.26 bits per heavy atom. The van der Waals surface area contributed by atoms with Gasteiger partial charge < -0.3 is 13.8 Å². The van der Waals surface area contributed by atoms with Crippen molar-refractivity contribution in [1.82, 2.24) is 24.8 Å². The molecule has 3 aromatic rings. The number of hydrogen-bond donors (Lipinski definition) is 0. The summed E-state index contributed by atoms with van der Waals surface area (Å²) in [5, 5.41) is 8.17. The van der Waals surface area contributed by atoms with Gasteiger partial charge in [0.25, 0.3) is 5.91 Å². The Hall–Kier alpha value is -2.90. The number of furan rings is 1. The lowest BCUT2D eigenvalue weighted by Gasteiger charge is -2.21. The minimum atomic E-state index is -0.161. The summed E-state index contributed by atoms with van der Waals surface area (Å²) in [5.74, 6) is 1.14. The fraction of sp³-hybridized carbons (Fsp3) is 0.333. The van der Waals surface area contributed by atoms with E-state index < -0.39 is 0 Å². The summed E-state index contributed by atoms with van der Waals surface area (Å²) < 4.78 is 12.4. The van der Waals surface area contributed by atoms with Crippen LogP contribution in [0.3, 0.4) is 0 Å². The fourth-order valence-corrected chi connectivity index (χ4v) is 2.80. The van der Waals surface area contributed by atoms with Gasteiger partial charge in [0.15, 0.2) is 11.6 Å². The Labute approximate surface area is 131 Å². The maximum absolute atomic E-state index is 12.7. The number of nitrogens with zero attached hydrogens (tertiary/aromatic N) is 5. The van der Waals surface area contributed by atoms with E-state index in [9.17, 15) is 4.79 Å². The molecule has 3 aromatic heterocycles. The molecule has 0 saturated heterocycles. The van der Waals surface area contributed by atoms with Crippen molar-refractivity contribution in [2.75, 3.05) is 6.54 Å². The normalized spacial score (nSPS) is 17.8. The van der Waals surface area contributed by atoms with Gasteiger partial charge >= 0.3 is 0 Å². The molecule has 1 atom stereocenters. The van der Waals surface area contributed by atoms with E-state index in [2.05, 4.69) is 15.2 Å². The van der Waals surface area contributed by atoms with E-state index in [1.54, 1.807) is 30.2 Å². The third-order valence-corrected chi connectivity index (χ3v) is 3.90. The Morgan fingerprint density at radius 3 is 3.00 bits per heavy atom. The van der Waals surface area contributed by atoms with Crippen molar-refractivity contribution in [3.8, 4) is 0 Å². The maximum Gasteiger partial charge on any atom is 0.289 e. The maximum atomic E-state index is 12.7. The molecule has 0 N–H and O–H groups in total. The number of aryl methyl sites for hydroxylation is 1. The Balaban J connectivity index is 1.68. The van der Waals surface area contributed by atoms with Gasteiger partial charge in [0.1, 0.15) is 0 Å². The van der Waals surface area contributed by atoms with Crippen LogP contribution in [0.25, 0.3) is 0 Å². The number of carbonyl (C=O) groups excluding carboxylic acids is 1. The molecule has 23 heavy (non-hydrogen) atoms. The van der Waals surface area contributed by atoms with Crippen LogP contribution in [0.1, 0.15) is 33.9 Å². The largest absolute Gasteiger partial charge is 0.459 e. The predicted molar refractivity (Wildman–Crippen MR) is 77.5 cm³/mol. The highest BCUT2D eigenvalue weighted by Gasteiger charge is 2.31. The molecule has 4 heterocycles. The van der Waals surface area contributed by atoms with Gasteiger partial charge in [-0.25, -0.2) is 0 Å².